The number of benzene rings is 1. The van der Waals surface area contributed by atoms with Crippen LogP contribution < -0.4 is 11.1 Å². The fourth-order valence-electron chi connectivity index (χ4n) is 5.44. The molecule has 1 fully saturated rings. The molecular formula is C21H25N5. The van der Waals surface area contributed by atoms with Crippen LogP contribution in [0.5, 0.6) is 0 Å². The number of aryl methyl sites for hydroxylation is 1. The maximum absolute atomic E-state index is 6.08. The Morgan fingerprint density at radius 3 is 3.00 bits per heavy atom. The summed E-state index contributed by atoms with van der Waals surface area (Å²) >= 11 is 0. The maximum atomic E-state index is 6.08. The van der Waals surface area contributed by atoms with Gasteiger partial charge >= 0.3 is 0 Å². The van der Waals surface area contributed by atoms with Gasteiger partial charge in [-0.05, 0) is 49.4 Å². The van der Waals surface area contributed by atoms with E-state index in [1.54, 1.807) is 6.33 Å². The number of anilines is 1. The lowest BCUT2D eigenvalue weighted by Gasteiger charge is -2.44. The van der Waals surface area contributed by atoms with Crippen molar-refractivity contribution in [3.8, 4) is 0 Å². The van der Waals surface area contributed by atoms with Crippen LogP contribution >= 0.6 is 0 Å². The van der Waals surface area contributed by atoms with E-state index in [4.69, 9.17) is 5.73 Å². The first-order chi connectivity index (χ1) is 12.6. The van der Waals surface area contributed by atoms with Gasteiger partial charge in [0.15, 0.2) is 0 Å². The Bertz CT molecular complexity index is 991. The first-order valence-electron chi connectivity index (χ1n) is 9.56. The lowest BCUT2D eigenvalue weighted by molar-refractivity contribution is 0.152. The Morgan fingerprint density at radius 1 is 1.23 bits per heavy atom. The van der Waals surface area contributed by atoms with Gasteiger partial charge in [-0.25, -0.2) is 9.97 Å². The van der Waals surface area contributed by atoms with Gasteiger partial charge in [0.2, 0.25) is 0 Å². The molecule has 3 aromatic rings. The second kappa shape index (κ2) is 5.55. The molecule has 5 rings (SSSR count). The van der Waals surface area contributed by atoms with E-state index in [0.717, 1.165) is 23.9 Å². The van der Waals surface area contributed by atoms with Crippen molar-refractivity contribution in [1.29, 1.82) is 0 Å². The Morgan fingerprint density at radius 2 is 2.12 bits per heavy atom. The zero-order valence-corrected chi connectivity index (χ0v) is 15.4. The molecule has 5 heteroatoms. The Labute approximate surface area is 153 Å². The molecule has 0 bridgehead atoms. The summed E-state index contributed by atoms with van der Waals surface area (Å²) in [6.07, 6.45) is 8.50. The highest BCUT2D eigenvalue weighted by atomic mass is 15.2. The van der Waals surface area contributed by atoms with Gasteiger partial charge in [-0.2, -0.15) is 0 Å². The first kappa shape index (κ1) is 15.8. The summed E-state index contributed by atoms with van der Waals surface area (Å²) in [4.78, 5) is 8.72. The van der Waals surface area contributed by atoms with Crippen LogP contribution in [0.3, 0.4) is 0 Å². The molecule has 2 aliphatic rings. The van der Waals surface area contributed by atoms with Crippen molar-refractivity contribution >= 4 is 16.9 Å². The van der Waals surface area contributed by atoms with Crippen molar-refractivity contribution in [3.05, 3.63) is 53.5 Å². The summed E-state index contributed by atoms with van der Waals surface area (Å²) in [5.41, 5.74) is 11.3. The van der Waals surface area contributed by atoms with E-state index in [1.807, 2.05) is 0 Å². The van der Waals surface area contributed by atoms with Crippen LogP contribution in [0.2, 0.25) is 0 Å². The quantitative estimate of drug-likeness (QED) is 0.698. The number of aromatic nitrogens is 3. The van der Waals surface area contributed by atoms with Crippen molar-refractivity contribution < 1.29 is 0 Å². The van der Waals surface area contributed by atoms with Crippen LogP contribution in [0.1, 0.15) is 61.4 Å². The minimum absolute atomic E-state index is 0.0370. The predicted octanol–water partition coefficient (Wildman–Crippen LogP) is 4.00. The third kappa shape index (κ3) is 2.01. The third-order valence-corrected chi connectivity index (χ3v) is 6.46. The van der Waals surface area contributed by atoms with Gasteiger partial charge in [0.1, 0.15) is 17.8 Å². The van der Waals surface area contributed by atoms with Gasteiger partial charge in [0.05, 0.1) is 17.0 Å². The van der Waals surface area contributed by atoms with Crippen molar-refractivity contribution in [2.45, 2.75) is 57.2 Å². The molecule has 134 valence electrons. The van der Waals surface area contributed by atoms with Crippen molar-refractivity contribution in [2.75, 3.05) is 5.73 Å². The molecule has 3 unspecified atom stereocenters. The first-order valence-corrected chi connectivity index (χ1v) is 9.56. The molecular weight excluding hydrogens is 322 g/mol. The number of nitrogens with one attached hydrogen (secondary N) is 1. The van der Waals surface area contributed by atoms with Crippen LogP contribution in [0, 0.1) is 6.92 Å². The van der Waals surface area contributed by atoms with Crippen LogP contribution in [0.4, 0.5) is 5.82 Å². The van der Waals surface area contributed by atoms with E-state index >= 15 is 0 Å². The molecule has 26 heavy (non-hydrogen) atoms. The molecule has 1 aliphatic carbocycles. The summed E-state index contributed by atoms with van der Waals surface area (Å²) in [5.74, 6) is 0.558. The summed E-state index contributed by atoms with van der Waals surface area (Å²) in [6.45, 7) is 4.52. The molecule has 0 radical (unpaired) electrons. The highest BCUT2D eigenvalue weighted by molar-refractivity contribution is 5.86. The molecule has 3 atom stereocenters. The van der Waals surface area contributed by atoms with Crippen molar-refractivity contribution in [3.63, 3.8) is 0 Å². The number of nitrogen functional groups attached to an aromatic ring is 1. The number of nitrogens with zero attached hydrogens (tertiary/aromatic N) is 3. The van der Waals surface area contributed by atoms with Gasteiger partial charge in [-0.3, -0.25) is 5.32 Å². The highest BCUT2D eigenvalue weighted by Crippen LogP contribution is 2.52. The topological polar surface area (TPSA) is 68.8 Å². The molecule has 1 aromatic carbocycles. The number of nitrogens with two attached hydrogens (primary N) is 1. The zero-order chi connectivity index (χ0) is 17.9. The van der Waals surface area contributed by atoms with E-state index in [-0.39, 0.29) is 5.54 Å². The van der Waals surface area contributed by atoms with E-state index in [9.17, 15) is 0 Å². The Kier molecular flexibility index (Phi) is 3.38. The number of fused-ring (bicyclic) bond motifs is 3. The van der Waals surface area contributed by atoms with Crippen LogP contribution in [0.25, 0.3) is 11.0 Å². The molecule has 0 amide bonds. The number of rotatable bonds is 1. The van der Waals surface area contributed by atoms with Crippen molar-refractivity contribution in [1.82, 2.24) is 19.9 Å². The minimum atomic E-state index is -0.0370. The van der Waals surface area contributed by atoms with E-state index in [0.29, 0.717) is 17.9 Å². The summed E-state index contributed by atoms with van der Waals surface area (Å²) in [6, 6.07) is 9.51. The zero-order valence-electron chi connectivity index (χ0n) is 15.4. The second-order valence-electron chi connectivity index (χ2n) is 7.85. The van der Waals surface area contributed by atoms with Gasteiger partial charge in [-0.1, -0.05) is 31.0 Å². The third-order valence-electron chi connectivity index (χ3n) is 6.46. The molecule has 3 N–H and O–H groups in total. The maximum Gasteiger partial charge on any atom is 0.145 e. The normalized spacial score (nSPS) is 27.9. The summed E-state index contributed by atoms with van der Waals surface area (Å²) < 4.78 is 2.34. The molecule has 2 aromatic heterocycles. The molecule has 3 heterocycles. The Hall–Kier alpha value is -2.40. The molecule has 1 spiro atoms. The number of hydrogen-bond acceptors (Lipinski definition) is 4. The molecule has 1 aliphatic heterocycles. The van der Waals surface area contributed by atoms with Gasteiger partial charge in [0.25, 0.3) is 0 Å². The average molecular weight is 347 g/mol. The summed E-state index contributed by atoms with van der Waals surface area (Å²) in [7, 11) is 0. The van der Waals surface area contributed by atoms with Gasteiger partial charge in [-0.15, -0.1) is 0 Å². The second-order valence-corrected chi connectivity index (χ2v) is 7.85. The van der Waals surface area contributed by atoms with Crippen molar-refractivity contribution in [2.24, 2.45) is 0 Å². The lowest BCUT2D eigenvalue weighted by Crippen LogP contribution is -2.47. The molecule has 5 nitrogen and oxygen atoms in total. The smallest absolute Gasteiger partial charge is 0.145 e. The van der Waals surface area contributed by atoms with Crippen LogP contribution in [0.15, 0.2) is 36.8 Å². The van der Waals surface area contributed by atoms with Crippen LogP contribution in [-0.4, -0.2) is 14.5 Å². The highest BCUT2D eigenvalue weighted by Gasteiger charge is 2.49. The fourth-order valence-corrected chi connectivity index (χ4v) is 5.44. The van der Waals surface area contributed by atoms with E-state index in [1.165, 1.54) is 29.5 Å². The number of hydrogen-bond donors (Lipinski definition) is 2. The van der Waals surface area contributed by atoms with E-state index in [2.05, 4.69) is 64.2 Å². The van der Waals surface area contributed by atoms with Gasteiger partial charge < -0.3 is 10.3 Å². The average Bonchev–Trinajstić information content (AvgIpc) is 3.18. The SMILES string of the molecule is Cc1cccc2c1C(C)NC21CCCCC1n1ccc2c(N)ncnc21. The largest absolute Gasteiger partial charge is 0.383 e. The monoisotopic (exact) mass is 347 g/mol. The standard InChI is InChI=1S/C21H25N5/c1-13-6-5-7-16-18(13)14(2)25-21(16)10-4-3-8-17(21)26-11-9-15-19(22)23-12-24-20(15)26/h5-7,9,11-12,14,17,25H,3-4,8,10H2,1-2H3,(H2,22,23,24). The predicted molar refractivity (Wildman–Crippen MR) is 104 cm³/mol. The minimum Gasteiger partial charge on any atom is -0.383 e. The lowest BCUT2D eigenvalue weighted by atomic mass is 9.73. The van der Waals surface area contributed by atoms with E-state index < -0.39 is 0 Å². The Balaban J connectivity index is 1.72. The molecule has 1 saturated carbocycles. The molecule has 0 saturated heterocycles. The van der Waals surface area contributed by atoms with Crippen LogP contribution in [-0.2, 0) is 5.54 Å². The van der Waals surface area contributed by atoms with Gasteiger partial charge in [0, 0.05) is 12.2 Å². The fraction of sp³-hybridized carbons (Fsp3) is 0.429. The summed E-state index contributed by atoms with van der Waals surface area (Å²) in [5, 5.41) is 4.95.